The maximum atomic E-state index is 12.3. The van der Waals surface area contributed by atoms with Gasteiger partial charge in [0, 0.05) is 22.9 Å². The topological polar surface area (TPSA) is 79.6 Å². The smallest absolute Gasteiger partial charge is 0.287 e. The molecule has 3 rings (SSSR count). The Bertz CT molecular complexity index is 1230. The minimum Gasteiger partial charge on any atom is -0.425 e. The summed E-state index contributed by atoms with van der Waals surface area (Å²) in [7, 11) is -3.65. The van der Waals surface area contributed by atoms with Crippen molar-refractivity contribution in [3.63, 3.8) is 0 Å². The number of rotatable bonds is 4. The molecule has 7 heteroatoms. The fourth-order valence-electron chi connectivity index (χ4n) is 2.69. The first kappa shape index (κ1) is 20.2. The van der Waals surface area contributed by atoms with Crippen LogP contribution < -0.4 is 9.86 Å². The summed E-state index contributed by atoms with van der Waals surface area (Å²) < 4.78 is 26.1. The molecule has 0 unspecified atom stereocenters. The van der Waals surface area contributed by atoms with Gasteiger partial charge < -0.3 is 5.21 Å². The van der Waals surface area contributed by atoms with Gasteiger partial charge in [-0.1, -0.05) is 29.5 Å². The molecule has 0 atom stereocenters. The van der Waals surface area contributed by atoms with E-state index in [-0.39, 0.29) is 12.1 Å². The van der Waals surface area contributed by atoms with Gasteiger partial charge in [-0.25, -0.2) is 8.42 Å². The third-order valence-corrected chi connectivity index (χ3v) is 5.42. The van der Waals surface area contributed by atoms with E-state index in [4.69, 9.17) is 0 Å². The van der Waals surface area contributed by atoms with E-state index in [0.29, 0.717) is 10.4 Å². The van der Waals surface area contributed by atoms with Gasteiger partial charge in [0.05, 0.1) is 18.5 Å². The van der Waals surface area contributed by atoms with Gasteiger partial charge in [0.25, 0.3) is 5.56 Å². The summed E-state index contributed by atoms with van der Waals surface area (Å²) >= 11 is 0. The monoisotopic (exact) mass is 408 g/mol. The van der Waals surface area contributed by atoms with Crippen LogP contribution in [0.5, 0.6) is 0 Å². The highest BCUT2D eigenvalue weighted by molar-refractivity contribution is 7.92. The molecule has 29 heavy (non-hydrogen) atoms. The first-order chi connectivity index (χ1) is 13.7. The lowest BCUT2D eigenvalue weighted by Gasteiger charge is -2.22. The summed E-state index contributed by atoms with van der Waals surface area (Å²) in [5.41, 5.74) is 2.68. The van der Waals surface area contributed by atoms with Gasteiger partial charge in [-0.05, 0) is 55.5 Å². The Kier molecular flexibility index (Phi) is 5.76. The quantitative estimate of drug-likeness (QED) is 0.532. The van der Waals surface area contributed by atoms with Gasteiger partial charge in [-0.2, -0.15) is 4.73 Å². The van der Waals surface area contributed by atoms with Gasteiger partial charge in [0.2, 0.25) is 10.0 Å². The molecular weight excluding hydrogens is 388 g/mol. The zero-order valence-electron chi connectivity index (χ0n) is 16.0. The van der Waals surface area contributed by atoms with E-state index in [1.807, 2.05) is 31.2 Å². The van der Waals surface area contributed by atoms with Gasteiger partial charge in [-0.15, -0.1) is 0 Å². The fraction of sp³-hybridized carbons (Fsp3) is 0.136. The maximum absolute atomic E-state index is 12.3. The summed E-state index contributed by atoms with van der Waals surface area (Å²) in [6.07, 6.45) is 2.26. The third-order valence-electron chi connectivity index (χ3n) is 4.28. The van der Waals surface area contributed by atoms with Crippen molar-refractivity contribution >= 4 is 15.7 Å². The van der Waals surface area contributed by atoms with Gasteiger partial charge in [0.1, 0.15) is 0 Å². The van der Waals surface area contributed by atoms with Crippen LogP contribution in [0.4, 0.5) is 5.69 Å². The van der Waals surface area contributed by atoms with Crippen molar-refractivity contribution in [3.05, 3.63) is 99.5 Å². The van der Waals surface area contributed by atoms with Crippen molar-refractivity contribution in [1.82, 2.24) is 4.73 Å². The number of sulfonamides is 1. The SMILES string of the molecule is Cc1ccc(C#Cc2ccc(N(Cc3cccn(O)c3=O)S(C)(=O)=O)cc2)cc1. The van der Waals surface area contributed by atoms with E-state index in [1.54, 1.807) is 24.3 Å². The van der Waals surface area contributed by atoms with Crippen molar-refractivity contribution in [1.29, 1.82) is 0 Å². The lowest BCUT2D eigenvalue weighted by molar-refractivity contribution is 0.174. The summed E-state index contributed by atoms with van der Waals surface area (Å²) in [6, 6.07) is 17.5. The first-order valence-corrected chi connectivity index (χ1v) is 10.6. The predicted octanol–water partition coefficient (Wildman–Crippen LogP) is 2.76. The van der Waals surface area contributed by atoms with Crippen molar-refractivity contribution in [2.45, 2.75) is 13.5 Å². The average Bonchev–Trinajstić information content (AvgIpc) is 2.68. The summed E-state index contributed by atoms with van der Waals surface area (Å²) in [6.45, 7) is 1.82. The molecule has 0 radical (unpaired) electrons. The molecule has 0 aliphatic carbocycles. The van der Waals surface area contributed by atoms with Gasteiger partial charge >= 0.3 is 0 Å². The van der Waals surface area contributed by atoms with Crippen LogP contribution in [0, 0.1) is 18.8 Å². The Morgan fingerprint density at radius 3 is 2.07 bits per heavy atom. The van der Waals surface area contributed by atoms with Crippen molar-refractivity contribution in [3.8, 4) is 11.8 Å². The maximum Gasteiger partial charge on any atom is 0.287 e. The second-order valence-electron chi connectivity index (χ2n) is 6.62. The summed E-state index contributed by atoms with van der Waals surface area (Å²) in [5.74, 6) is 6.11. The zero-order chi connectivity index (χ0) is 21.0. The lowest BCUT2D eigenvalue weighted by Crippen LogP contribution is -2.33. The average molecular weight is 408 g/mol. The second-order valence-corrected chi connectivity index (χ2v) is 8.52. The molecule has 3 aromatic rings. The number of nitrogens with zero attached hydrogens (tertiary/aromatic N) is 2. The van der Waals surface area contributed by atoms with E-state index < -0.39 is 15.6 Å². The van der Waals surface area contributed by atoms with Crippen LogP contribution in [0.25, 0.3) is 0 Å². The Labute approximate surface area is 169 Å². The van der Waals surface area contributed by atoms with Crippen LogP contribution in [0.3, 0.4) is 0 Å². The molecule has 6 nitrogen and oxygen atoms in total. The van der Waals surface area contributed by atoms with Crippen molar-refractivity contribution < 1.29 is 13.6 Å². The summed E-state index contributed by atoms with van der Waals surface area (Å²) in [4.78, 5) is 12.0. The minimum absolute atomic E-state index is 0.156. The number of aromatic nitrogens is 1. The number of pyridine rings is 1. The number of benzene rings is 2. The highest BCUT2D eigenvalue weighted by Crippen LogP contribution is 2.20. The molecule has 0 bridgehead atoms. The number of anilines is 1. The first-order valence-electron chi connectivity index (χ1n) is 8.80. The molecule has 1 heterocycles. The molecule has 148 valence electrons. The van der Waals surface area contributed by atoms with Crippen molar-refractivity contribution in [2.24, 2.45) is 0 Å². The Balaban J connectivity index is 1.87. The number of hydrogen-bond acceptors (Lipinski definition) is 4. The Morgan fingerprint density at radius 1 is 0.966 bits per heavy atom. The largest absolute Gasteiger partial charge is 0.425 e. The van der Waals surface area contributed by atoms with Crippen LogP contribution in [-0.4, -0.2) is 24.6 Å². The molecule has 2 aromatic carbocycles. The molecule has 0 saturated heterocycles. The normalized spacial score (nSPS) is 10.8. The third kappa shape index (κ3) is 5.06. The molecule has 0 fully saturated rings. The highest BCUT2D eigenvalue weighted by atomic mass is 32.2. The molecule has 0 aliphatic heterocycles. The minimum atomic E-state index is -3.65. The van der Waals surface area contributed by atoms with Crippen LogP contribution >= 0.6 is 0 Å². The van der Waals surface area contributed by atoms with E-state index in [2.05, 4.69) is 11.8 Å². The van der Waals surface area contributed by atoms with E-state index in [1.165, 1.54) is 18.3 Å². The van der Waals surface area contributed by atoms with Crippen LogP contribution in [0.15, 0.2) is 71.7 Å². The molecule has 0 aliphatic rings. The van der Waals surface area contributed by atoms with E-state index in [9.17, 15) is 18.4 Å². The van der Waals surface area contributed by atoms with E-state index >= 15 is 0 Å². The molecule has 0 saturated carbocycles. The molecule has 1 N–H and O–H groups in total. The Hall–Kier alpha value is -3.50. The van der Waals surface area contributed by atoms with Crippen LogP contribution in [-0.2, 0) is 16.6 Å². The molecule has 0 spiro atoms. The number of hydrogen-bond donors (Lipinski definition) is 1. The van der Waals surface area contributed by atoms with Crippen LogP contribution in [0.2, 0.25) is 0 Å². The Morgan fingerprint density at radius 2 is 1.52 bits per heavy atom. The standard InChI is InChI=1S/C22H20N2O4S/c1-17-5-7-18(8-6-17)9-10-19-11-13-21(14-12-19)24(29(2,27)28)16-20-4-3-15-23(26)22(20)25/h3-8,11-15,26H,16H2,1-2H3. The number of aryl methyl sites for hydroxylation is 1. The van der Waals surface area contributed by atoms with E-state index in [0.717, 1.165) is 27.3 Å². The zero-order valence-corrected chi connectivity index (χ0v) is 16.8. The van der Waals surface area contributed by atoms with Crippen LogP contribution in [0.1, 0.15) is 22.3 Å². The molecular formula is C22H20N2O4S. The van der Waals surface area contributed by atoms with Gasteiger partial charge in [0.15, 0.2) is 0 Å². The molecule has 0 amide bonds. The van der Waals surface area contributed by atoms with Crippen molar-refractivity contribution in [2.75, 3.05) is 10.6 Å². The lowest BCUT2D eigenvalue weighted by atomic mass is 10.1. The second kappa shape index (κ2) is 8.25. The predicted molar refractivity (Wildman–Crippen MR) is 113 cm³/mol. The van der Waals surface area contributed by atoms with Gasteiger partial charge in [-0.3, -0.25) is 9.10 Å². The summed E-state index contributed by atoms with van der Waals surface area (Å²) in [5, 5.41) is 9.51. The molecule has 1 aromatic heterocycles. The highest BCUT2D eigenvalue weighted by Gasteiger charge is 2.19. The fourth-order valence-corrected chi connectivity index (χ4v) is 3.57.